The lowest BCUT2D eigenvalue weighted by molar-refractivity contribution is -0.120. The van der Waals surface area contributed by atoms with E-state index < -0.39 is 0 Å². The molecule has 0 saturated carbocycles. The normalized spacial score (nSPS) is 12.9. The van der Waals surface area contributed by atoms with Gasteiger partial charge in [-0.2, -0.15) is 0 Å². The van der Waals surface area contributed by atoms with Crippen molar-refractivity contribution in [3.8, 4) is 0 Å². The van der Waals surface area contributed by atoms with Crippen molar-refractivity contribution in [2.24, 2.45) is 0 Å². The smallest absolute Gasteiger partial charge is 0.234 e. The molecule has 0 saturated heterocycles. The standard InChI is InChI=1S/C10H23N3O/c1-5-11-8-10(14)12-9(2)6-7-13(3)4/h9,11H,5-8H2,1-4H3,(H,12,14). The van der Waals surface area contributed by atoms with Crippen LogP contribution in [-0.2, 0) is 4.79 Å². The highest BCUT2D eigenvalue weighted by molar-refractivity contribution is 5.78. The Morgan fingerprint density at radius 3 is 2.57 bits per heavy atom. The van der Waals surface area contributed by atoms with Crippen LogP contribution in [0.1, 0.15) is 20.3 Å². The maximum absolute atomic E-state index is 11.3. The van der Waals surface area contributed by atoms with E-state index >= 15 is 0 Å². The molecule has 0 bridgehead atoms. The molecule has 4 heteroatoms. The van der Waals surface area contributed by atoms with E-state index in [2.05, 4.69) is 15.5 Å². The number of likely N-dealkylation sites (N-methyl/N-ethyl adjacent to an activating group) is 1. The van der Waals surface area contributed by atoms with Gasteiger partial charge in [-0.25, -0.2) is 0 Å². The molecule has 14 heavy (non-hydrogen) atoms. The summed E-state index contributed by atoms with van der Waals surface area (Å²) in [5, 5.41) is 5.94. The Hall–Kier alpha value is -0.610. The van der Waals surface area contributed by atoms with Gasteiger partial charge in [-0.3, -0.25) is 4.79 Å². The van der Waals surface area contributed by atoms with Crippen molar-refractivity contribution in [2.75, 3.05) is 33.7 Å². The summed E-state index contributed by atoms with van der Waals surface area (Å²) in [6.07, 6.45) is 0.991. The molecule has 1 atom stereocenters. The van der Waals surface area contributed by atoms with Crippen molar-refractivity contribution in [3.05, 3.63) is 0 Å². The molecular weight excluding hydrogens is 178 g/mol. The zero-order valence-corrected chi connectivity index (χ0v) is 9.76. The molecule has 4 nitrogen and oxygen atoms in total. The van der Waals surface area contributed by atoms with Crippen molar-refractivity contribution < 1.29 is 4.79 Å². The van der Waals surface area contributed by atoms with Crippen LogP contribution < -0.4 is 10.6 Å². The SMILES string of the molecule is CCNCC(=O)NC(C)CCN(C)C. The van der Waals surface area contributed by atoms with Gasteiger partial charge in [0.1, 0.15) is 0 Å². The molecule has 0 radical (unpaired) electrons. The lowest BCUT2D eigenvalue weighted by Crippen LogP contribution is -2.40. The van der Waals surface area contributed by atoms with Gasteiger partial charge in [0.25, 0.3) is 0 Å². The maximum atomic E-state index is 11.3. The van der Waals surface area contributed by atoms with E-state index in [4.69, 9.17) is 0 Å². The summed E-state index contributed by atoms with van der Waals surface area (Å²) >= 11 is 0. The summed E-state index contributed by atoms with van der Waals surface area (Å²) in [6, 6.07) is 0.253. The van der Waals surface area contributed by atoms with Crippen LogP contribution in [0.5, 0.6) is 0 Å². The summed E-state index contributed by atoms with van der Waals surface area (Å²) in [4.78, 5) is 13.4. The van der Waals surface area contributed by atoms with Gasteiger partial charge >= 0.3 is 0 Å². The Balaban J connectivity index is 3.50. The summed E-state index contributed by atoms with van der Waals surface area (Å²) in [5.41, 5.74) is 0. The lowest BCUT2D eigenvalue weighted by atomic mass is 10.2. The fourth-order valence-electron chi connectivity index (χ4n) is 1.09. The first-order valence-corrected chi connectivity index (χ1v) is 5.21. The molecule has 1 amide bonds. The first kappa shape index (κ1) is 13.4. The summed E-state index contributed by atoms with van der Waals surface area (Å²) < 4.78 is 0. The molecule has 0 aliphatic carbocycles. The van der Waals surface area contributed by atoms with E-state index in [1.807, 2.05) is 27.9 Å². The average molecular weight is 201 g/mol. The Bertz CT molecular complexity index is 159. The topological polar surface area (TPSA) is 44.4 Å². The van der Waals surface area contributed by atoms with Crippen molar-refractivity contribution in [2.45, 2.75) is 26.3 Å². The van der Waals surface area contributed by atoms with Gasteiger partial charge in [-0.1, -0.05) is 6.92 Å². The van der Waals surface area contributed by atoms with Crippen LogP contribution in [-0.4, -0.2) is 50.6 Å². The molecule has 0 rings (SSSR count). The largest absolute Gasteiger partial charge is 0.352 e. The number of carbonyl (C=O) groups excluding carboxylic acids is 1. The van der Waals surface area contributed by atoms with Crippen LogP contribution >= 0.6 is 0 Å². The molecule has 2 N–H and O–H groups in total. The van der Waals surface area contributed by atoms with Gasteiger partial charge in [-0.05, 0) is 40.5 Å². The maximum Gasteiger partial charge on any atom is 0.234 e. The quantitative estimate of drug-likeness (QED) is 0.612. The molecule has 0 heterocycles. The molecule has 0 aliphatic heterocycles. The highest BCUT2D eigenvalue weighted by atomic mass is 16.1. The number of nitrogens with one attached hydrogen (secondary N) is 2. The van der Waals surface area contributed by atoms with Crippen LogP contribution in [0.3, 0.4) is 0 Å². The van der Waals surface area contributed by atoms with E-state index in [0.717, 1.165) is 19.5 Å². The first-order chi connectivity index (χ1) is 6.56. The van der Waals surface area contributed by atoms with Crippen LogP contribution in [0.4, 0.5) is 0 Å². The molecular formula is C10H23N3O. The van der Waals surface area contributed by atoms with Crippen LogP contribution in [0.25, 0.3) is 0 Å². The Morgan fingerprint density at radius 1 is 1.43 bits per heavy atom. The zero-order chi connectivity index (χ0) is 11.0. The minimum absolute atomic E-state index is 0.0816. The van der Waals surface area contributed by atoms with Gasteiger partial charge in [0.2, 0.25) is 5.91 Å². The second-order valence-electron chi connectivity index (χ2n) is 3.84. The summed E-state index contributed by atoms with van der Waals surface area (Å²) in [6.45, 7) is 6.28. The van der Waals surface area contributed by atoms with Crippen molar-refractivity contribution in [1.82, 2.24) is 15.5 Å². The highest BCUT2D eigenvalue weighted by Crippen LogP contribution is 1.91. The second-order valence-corrected chi connectivity index (χ2v) is 3.84. The monoisotopic (exact) mass is 201 g/mol. The number of rotatable bonds is 7. The van der Waals surface area contributed by atoms with E-state index in [-0.39, 0.29) is 11.9 Å². The molecule has 0 fully saturated rings. The predicted molar refractivity (Wildman–Crippen MR) is 59.3 cm³/mol. The van der Waals surface area contributed by atoms with Gasteiger partial charge in [0.05, 0.1) is 6.54 Å². The van der Waals surface area contributed by atoms with Crippen LogP contribution in [0.15, 0.2) is 0 Å². The Labute approximate surface area is 87.0 Å². The molecule has 0 aromatic heterocycles. The molecule has 0 aromatic rings. The molecule has 1 unspecified atom stereocenters. The number of amides is 1. The van der Waals surface area contributed by atoms with Crippen molar-refractivity contribution in [3.63, 3.8) is 0 Å². The number of carbonyl (C=O) groups is 1. The van der Waals surface area contributed by atoms with E-state index in [1.54, 1.807) is 0 Å². The van der Waals surface area contributed by atoms with Gasteiger partial charge in [0.15, 0.2) is 0 Å². The lowest BCUT2D eigenvalue weighted by Gasteiger charge is -2.16. The molecule has 0 spiro atoms. The van der Waals surface area contributed by atoms with Crippen LogP contribution in [0, 0.1) is 0 Å². The number of hydrogen-bond acceptors (Lipinski definition) is 3. The van der Waals surface area contributed by atoms with Gasteiger partial charge in [0, 0.05) is 6.04 Å². The number of hydrogen-bond donors (Lipinski definition) is 2. The Morgan fingerprint density at radius 2 is 2.07 bits per heavy atom. The molecule has 84 valence electrons. The fourth-order valence-corrected chi connectivity index (χ4v) is 1.09. The fraction of sp³-hybridized carbons (Fsp3) is 0.900. The predicted octanol–water partition coefficient (Wildman–Crippen LogP) is 0.0523. The third kappa shape index (κ3) is 8.01. The minimum Gasteiger partial charge on any atom is -0.352 e. The zero-order valence-electron chi connectivity index (χ0n) is 9.76. The third-order valence-corrected chi connectivity index (χ3v) is 1.95. The summed E-state index contributed by atoms with van der Waals surface area (Å²) in [7, 11) is 4.07. The van der Waals surface area contributed by atoms with Crippen LogP contribution in [0.2, 0.25) is 0 Å². The van der Waals surface area contributed by atoms with Crippen molar-refractivity contribution >= 4 is 5.91 Å². The number of nitrogens with zero attached hydrogens (tertiary/aromatic N) is 1. The highest BCUT2D eigenvalue weighted by Gasteiger charge is 2.06. The van der Waals surface area contributed by atoms with E-state index in [9.17, 15) is 4.79 Å². The second kappa shape index (κ2) is 7.76. The van der Waals surface area contributed by atoms with Crippen molar-refractivity contribution in [1.29, 1.82) is 0 Å². The van der Waals surface area contributed by atoms with Gasteiger partial charge in [-0.15, -0.1) is 0 Å². The molecule has 0 aliphatic rings. The van der Waals surface area contributed by atoms with Gasteiger partial charge < -0.3 is 15.5 Å². The first-order valence-electron chi connectivity index (χ1n) is 5.21. The average Bonchev–Trinajstić information content (AvgIpc) is 2.11. The van der Waals surface area contributed by atoms with E-state index in [0.29, 0.717) is 6.54 Å². The van der Waals surface area contributed by atoms with E-state index in [1.165, 1.54) is 0 Å². The molecule has 0 aromatic carbocycles. The minimum atomic E-state index is 0.0816. The summed E-state index contributed by atoms with van der Waals surface area (Å²) in [5.74, 6) is 0.0816. The Kier molecular flexibility index (Phi) is 7.42. The third-order valence-electron chi connectivity index (χ3n) is 1.95.